The van der Waals surface area contributed by atoms with E-state index in [4.69, 9.17) is 0 Å². The number of hydrogen-bond donors (Lipinski definition) is 1. The van der Waals surface area contributed by atoms with Crippen LogP contribution in [0.25, 0.3) is 0 Å². The molecule has 1 aromatic rings. The summed E-state index contributed by atoms with van der Waals surface area (Å²) in [6, 6.07) is 3.67. The van der Waals surface area contributed by atoms with E-state index in [1.807, 2.05) is 13.0 Å². The van der Waals surface area contributed by atoms with Crippen LogP contribution in [0.1, 0.15) is 25.1 Å². The fourth-order valence-electron chi connectivity index (χ4n) is 0.989. The fraction of sp³-hybridized carbons (Fsp3) is 0.444. The summed E-state index contributed by atoms with van der Waals surface area (Å²) in [7, 11) is 0. The minimum Gasteiger partial charge on any atom is -0.262 e. The van der Waals surface area contributed by atoms with Gasteiger partial charge in [-0.3, -0.25) is 4.98 Å². The molecule has 1 heterocycles. The van der Waals surface area contributed by atoms with E-state index in [0.717, 1.165) is 11.3 Å². The number of pyridine rings is 1. The molecule has 0 radical (unpaired) electrons. The summed E-state index contributed by atoms with van der Waals surface area (Å²) in [5, 5.41) is 0. The summed E-state index contributed by atoms with van der Waals surface area (Å²) in [6.07, 6.45) is 1.68. The van der Waals surface area contributed by atoms with Gasteiger partial charge in [-0.1, -0.05) is 0 Å². The molecule has 0 aromatic carbocycles. The monoisotopic (exact) mass is 168 g/mol. The summed E-state index contributed by atoms with van der Waals surface area (Å²) in [5.41, 5.74) is 2.93. The summed E-state index contributed by atoms with van der Waals surface area (Å²) in [6.45, 7) is 5.45. The molecule has 0 aliphatic carbocycles. The van der Waals surface area contributed by atoms with Gasteiger partial charge in [-0.05, 0) is 38.5 Å². The van der Waals surface area contributed by atoms with E-state index in [9.17, 15) is 4.48 Å². The Bertz CT molecular complexity index is 271. The Morgan fingerprint density at radius 1 is 1.50 bits per heavy atom. The van der Waals surface area contributed by atoms with Crippen LogP contribution in [-0.2, 0) is 5.54 Å². The minimum atomic E-state index is -0.631. The molecule has 0 unspecified atom stereocenters. The van der Waals surface area contributed by atoms with Crippen molar-refractivity contribution >= 4 is 0 Å². The molecule has 2 nitrogen and oxygen atoms in total. The Morgan fingerprint density at radius 2 is 2.17 bits per heavy atom. The molecule has 0 saturated heterocycles. The first kappa shape index (κ1) is 9.13. The SMILES string of the molecule is Cc1cc(C(C)(C)NF)ccn1. The number of aryl methyl sites for hydroxylation is 1. The van der Waals surface area contributed by atoms with E-state index in [1.54, 1.807) is 31.6 Å². The molecule has 12 heavy (non-hydrogen) atoms. The molecular formula is C9H13FN2. The smallest absolute Gasteiger partial charge is 0.0675 e. The largest absolute Gasteiger partial charge is 0.262 e. The van der Waals surface area contributed by atoms with E-state index in [2.05, 4.69) is 4.98 Å². The van der Waals surface area contributed by atoms with Crippen LogP contribution in [0, 0.1) is 6.92 Å². The maximum Gasteiger partial charge on any atom is 0.0675 e. The molecule has 66 valence electrons. The average Bonchev–Trinajstić information content (AvgIpc) is 2.05. The molecule has 1 N–H and O–H groups in total. The molecule has 0 saturated carbocycles. The molecule has 0 amide bonds. The molecule has 0 aliphatic heterocycles. The van der Waals surface area contributed by atoms with Crippen LogP contribution < -0.4 is 5.54 Å². The van der Waals surface area contributed by atoms with Crippen molar-refractivity contribution in [3.05, 3.63) is 29.6 Å². The molecule has 3 heteroatoms. The second-order valence-corrected chi connectivity index (χ2v) is 3.41. The number of nitrogens with zero attached hydrogens (tertiary/aromatic N) is 1. The van der Waals surface area contributed by atoms with E-state index >= 15 is 0 Å². The standard InChI is InChI=1S/C9H13FN2/c1-7-6-8(4-5-11-7)9(2,3)12-10/h4-6,12H,1-3H3. The van der Waals surface area contributed by atoms with E-state index in [1.165, 1.54) is 0 Å². The zero-order chi connectivity index (χ0) is 9.19. The highest BCUT2D eigenvalue weighted by molar-refractivity contribution is 5.22. The lowest BCUT2D eigenvalue weighted by molar-refractivity contribution is 0.203. The van der Waals surface area contributed by atoms with Crippen LogP contribution in [-0.4, -0.2) is 4.98 Å². The van der Waals surface area contributed by atoms with Crippen molar-refractivity contribution in [3.63, 3.8) is 0 Å². The maximum atomic E-state index is 12.3. The number of aromatic nitrogens is 1. The Morgan fingerprint density at radius 3 is 2.67 bits per heavy atom. The summed E-state index contributed by atoms with van der Waals surface area (Å²) >= 11 is 0. The van der Waals surface area contributed by atoms with Gasteiger partial charge >= 0.3 is 0 Å². The van der Waals surface area contributed by atoms with E-state index in [-0.39, 0.29) is 0 Å². The molecule has 0 fully saturated rings. The van der Waals surface area contributed by atoms with Gasteiger partial charge in [0.05, 0.1) is 5.54 Å². The average molecular weight is 168 g/mol. The van der Waals surface area contributed by atoms with Gasteiger partial charge in [-0.15, -0.1) is 10.0 Å². The predicted molar refractivity (Wildman–Crippen MR) is 46.2 cm³/mol. The van der Waals surface area contributed by atoms with Gasteiger partial charge in [0.25, 0.3) is 0 Å². The number of nitrogens with one attached hydrogen (secondary N) is 1. The van der Waals surface area contributed by atoms with Crippen LogP contribution in [0.2, 0.25) is 0 Å². The van der Waals surface area contributed by atoms with Crippen LogP contribution in [0.5, 0.6) is 0 Å². The quantitative estimate of drug-likeness (QED) is 0.684. The van der Waals surface area contributed by atoms with Gasteiger partial charge < -0.3 is 0 Å². The summed E-state index contributed by atoms with van der Waals surface area (Å²) in [5.74, 6) is 0. The zero-order valence-electron chi connectivity index (χ0n) is 7.56. The van der Waals surface area contributed by atoms with Crippen LogP contribution in [0.4, 0.5) is 4.48 Å². The minimum absolute atomic E-state index is 0.631. The van der Waals surface area contributed by atoms with Crippen molar-refractivity contribution in [1.82, 2.24) is 10.5 Å². The summed E-state index contributed by atoms with van der Waals surface area (Å²) in [4.78, 5) is 4.04. The summed E-state index contributed by atoms with van der Waals surface area (Å²) < 4.78 is 12.3. The van der Waals surface area contributed by atoms with Crippen LogP contribution in [0.3, 0.4) is 0 Å². The van der Waals surface area contributed by atoms with Crippen molar-refractivity contribution in [2.75, 3.05) is 0 Å². The topological polar surface area (TPSA) is 24.9 Å². The van der Waals surface area contributed by atoms with Gasteiger partial charge in [0.1, 0.15) is 0 Å². The van der Waals surface area contributed by atoms with Gasteiger partial charge in [-0.2, -0.15) is 0 Å². The molecule has 0 spiro atoms. The molecule has 0 atom stereocenters. The third-order valence-electron chi connectivity index (χ3n) is 1.85. The zero-order valence-corrected chi connectivity index (χ0v) is 7.56. The second-order valence-electron chi connectivity index (χ2n) is 3.41. The molecular weight excluding hydrogens is 155 g/mol. The fourth-order valence-corrected chi connectivity index (χ4v) is 0.989. The number of hydrogen-bond acceptors (Lipinski definition) is 2. The Hall–Kier alpha value is -0.960. The molecule has 0 bridgehead atoms. The molecule has 0 aliphatic rings. The van der Waals surface area contributed by atoms with Gasteiger partial charge in [0.2, 0.25) is 0 Å². The van der Waals surface area contributed by atoms with Crippen LogP contribution in [0.15, 0.2) is 18.3 Å². The third kappa shape index (κ3) is 1.80. The van der Waals surface area contributed by atoms with Crippen molar-refractivity contribution in [1.29, 1.82) is 0 Å². The van der Waals surface area contributed by atoms with Crippen molar-refractivity contribution in [2.24, 2.45) is 0 Å². The van der Waals surface area contributed by atoms with Gasteiger partial charge in [0.15, 0.2) is 0 Å². The highest BCUT2D eigenvalue weighted by Crippen LogP contribution is 2.19. The highest BCUT2D eigenvalue weighted by Gasteiger charge is 2.19. The Labute approximate surface area is 71.8 Å². The van der Waals surface area contributed by atoms with Gasteiger partial charge in [0, 0.05) is 11.9 Å². The first-order chi connectivity index (χ1) is 5.56. The number of rotatable bonds is 2. The lowest BCUT2D eigenvalue weighted by Gasteiger charge is -2.21. The highest BCUT2D eigenvalue weighted by atomic mass is 19.2. The lowest BCUT2D eigenvalue weighted by Crippen LogP contribution is -2.30. The Kier molecular flexibility index (Phi) is 2.43. The van der Waals surface area contributed by atoms with E-state index < -0.39 is 5.54 Å². The Balaban J connectivity index is 3.03. The first-order valence-electron chi connectivity index (χ1n) is 3.87. The second kappa shape index (κ2) is 3.19. The number of halogens is 1. The maximum absolute atomic E-state index is 12.3. The van der Waals surface area contributed by atoms with E-state index in [0.29, 0.717) is 0 Å². The first-order valence-corrected chi connectivity index (χ1v) is 3.87. The van der Waals surface area contributed by atoms with Gasteiger partial charge in [-0.25, -0.2) is 0 Å². The normalized spacial score (nSPS) is 11.7. The third-order valence-corrected chi connectivity index (χ3v) is 1.85. The lowest BCUT2D eigenvalue weighted by atomic mass is 9.96. The van der Waals surface area contributed by atoms with Crippen molar-refractivity contribution in [3.8, 4) is 0 Å². The predicted octanol–water partition coefficient (Wildman–Crippen LogP) is 2.10. The molecule has 1 aromatic heterocycles. The van der Waals surface area contributed by atoms with Crippen LogP contribution >= 0.6 is 0 Å². The molecule has 1 rings (SSSR count). The van der Waals surface area contributed by atoms with Crippen molar-refractivity contribution < 1.29 is 4.48 Å². The van der Waals surface area contributed by atoms with Crippen molar-refractivity contribution in [2.45, 2.75) is 26.3 Å².